The zero-order valence-electron chi connectivity index (χ0n) is 20.8. The average Bonchev–Trinajstić information content (AvgIpc) is 2.73. The van der Waals surface area contributed by atoms with Crippen LogP contribution in [0.2, 0.25) is 0 Å². The molecule has 31 heavy (non-hydrogen) atoms. The van der Waals surface area contributed by atoms with Gasteiger partial charge in [-0.2, -0.15) is 0 Å². The predicted molar refractivity (Wildman–Crippen MR) is 132 cm³/mol. The molecule has 0 radical (unpaired) electrons. The Morgan fingerprint density at radius 3 is 1.48 bits per heavy atom. The van der Waals surface area contributed by atoms with Crippen LogP contribution in [0.1, 0.15) is 86.0 Å². The molecule has 4 nitrogen and oxygen atoms in total. The summed E-state index contributed by atoms with van der Waals surface area (Å²) in [5.74, 6) is 0. The van der Waals surface area contributed by atoms with E-state index in [2.05, 4.69) is 58.9 Å². The molecule has 0 spiro atoms. The molecule has 0 aliphatic carbocycles. The van der Waals surface area contributed by atoms with Crippen molar-refractivity contribution < 1.29 is 20.1 Å². The van der Waals surface area contributed by atoms with Crippen LogP contribution >= 0.6 is 0 Å². The Balaban J connectivity index is 3.99. The first-order chi connectivity index (χ1) is 14.8. The highest BCUT2D eigenvalue weighted by molar-refractivity contribution is 5.07. The third-order valence-electron chi connectivity index (χ3n) is 5.55. The summed E-state index contributed by atoms with van der Waals surface area (Å²) >= 11 is 0. The van der Waals surface area contributed by atoms with Crippen molar-refractivity contribution in [2.45, 2.75) is 86.0 Å². The number of hydrogen-bond donors (Lipinski definition) is 3. The molecule has 0 rings (SSSR count). The number of rotatable bonds is 18. The lowest BCUT2D eigenvalue weighted by Crippen LogP contribution is -2.38. The minimum absolute atomic E-state index is 0.174. The lowest BCUT2D eigenvalue weighted by molar-refractivity contribution is -0.0579. The third-order valence-corrected chi connectivity index (χ3v) is 5.55. The molecule has 0 saturated heterocycles. The van der Waals surface area contributed by atoms with Gasteiger partial charge in [-0.15, -0.1) is 0 Å². The van der Waals surface area contributed by atoms with E-state index in [1.165, 1.54) is 22.3 Å². The highest BCUT2D eigenvalue weighted by atomic mass is 16.5. The monoisotopic (exact) mass is 436 g/mol. The Morgan fingerprint density at radius 1 is 0.645 bits per heavy atom. The van der Waals surface area contributed by atoms with E-state index in [0.717, 1.165) is 51.4 Å². The fourth-order valence-electron chi connectivity index (χ4n) is 3.10. The van der Waals surface area contributed by atoms with Crippen molar-refractivity contribution in [1.82, 2.24) is 0 Å². The Bertz CT molecular complexity index is 568. The topological polar surface area (TPSA) is 69.9 Å². The Kier molecular flexibility index (Phi) is 17.7. The minimum atomic E-state index is -0.935. The first-order valence-electron chi connectivity index (χ1n) is 11.8. The molecular weight excluding hydrogens is 388 g/mol. The molecule has 0 aliphatic heterocycles. The molecule has 0 heterocycles. The number of hydrogen-bond acceptors (Lipinski definition) is 4. The van der Waals surface area contributed by atoms with Crippen molar-refractivity contribution in [3.8, 4) is 0 Å². The van der Waals surface area contributed by atoms with Crippen LogP contribution in [0, 0.1) is 5.41 Å². The van der Waals surface area contributed by atoms with E-state index in [1.807, 2.05) is 0 Å². The fraction of sp³-hybridized carbons (Fsp3) is 0.704. The van der Waals surface area contributed by atoms with Gasteiger partial charge in [0.25, 0.3) is 0 Å². The van der Waals surface area contributed by atoms with Crippen molar-refractivity contribution >= 4 is 0 Å². The van der Waals surface area contributed by atoms with E-state index in [-0.39, 0.29) is 26.4 Å². The van der Waals surface area contributed by atoms with Gasteiger partial charge in [0, 0.05) is 6.61 Å². The second-order valence-electron chi connectivity index (χ2n) is 9.22. The molecule has 0 aromatic heterocycles. The van der Waals surface area contributed by atoms with Gasteiger partial charge in [-0.1, -0.05) is 46.6 Å². The molecular formula is C27H48O4. The summed E-state index contributed by atoms with van der Waals surface area (Å²) in [5, 5.41) is 27.8. The smallest absolute Gasteiger partial charge is 0.0629 e. The SMILES string of the molecule is CC(C)=CCC/C(C)=C/CC/C(C)=C/CCC(C)=CCCCOCC(CO)(CO)CO. The zero-order valence-corrected chi connectivity index (χ0v) is 20.8. The first-order valence-corrected chi connectivity index (χ1v) is 11.8. The maximum absolute atomic E-state index is 9.27. The summed E-state index contributed by atoms with van der Waals surface area (Å²) in [4.78, 5) is 0. The molecule has 0 atom stereocenters. The van der Waals surface area contributed by atoms with Gasteiger partial charge >= 0.3 is 0 Å². The Hall–Kier alpha value is -1.20. The summed E-state index contributed by atoms with van der Waals surface area (Å²) in [6.07, 6.45) is 17.9. The molecule has 0 saturated carbocycles. The van der Waals surface area contributed by atoms with E-state index in [9.17, 15) is 15.3 Å². The Labute approximate surface area is 191 Å². The second kappa shape index (κ2) is 18.4. The lowest BCUT2D eigenvalue weighted by Gasteiger charge is -2.26. The third kappa shape index (κ3) is 16.1. The van der Waals surface area contributed by atoms with Crippen LogP contribution < -0.4 is 0 Å². The Morgan fingerprint density at radius 2 is 1.06 bits per heavy atom. The van der Waals surface area contributed by atoms with E-state index in [0.29, 0.717) is 6.61 Å². The highest BCUT2D eigenvalue weighted by Crippen LogP contribution is 2.16. The van der Waals surface area contributed by atoms with E-state index in [1.54, 1.807) is 0 Å². The molecule has 0 aromatic rings. The van der Waals surface area contributed by atoms with Crippen LogP contribution in [-0.4, -0.2) is 48.4 Å². The summed E-state index contributed by atoms with van der Waals surface area (Å²) < 4.78 is 5.53. The van der Waals surface area contributed by atoms with Crippen molar-refractivity contribution in [2.24, 2.45) is 5.41 Å². The van der Waals surface area contributed by atoms with Crippen molar-refractivity contribution in [2.75, 3.05) is 33.0 Å². The number of aliphatic hydroxyl groups excluding tert-OH is 3. The first kappa shape index (κ1) is 29.8. The molecule has 3 N–H and O–H groups in total. The average molecular weight is 437 g/mol. The van der Waals surface area contributed by atoms with Crippen LogP contribution in [-0.2, 0) is 4.74 Å². The molecule has 180 valence electrons. The maximum Gasteiger partial charge on any atom is 0.0629 e. The van der Waals surface area contributed by atoms with Crippen LogP contribution in [0.4, 0.5) is 0 Å². The van der Waals surface area contributed by atoms with Crippen LogP contribution in [0.25, 0.3) is 0 Å². The standard InChI is InChI=1S/C27H48O4/c1-23(2)11-8-13-25(4)15-10-17-26(5)16-9-14-24(3)12-6-7-18-31-22-27(19-28,20-29)21-30/h11-12,15-16,28-30H,6-10,13-14,17-22H2,1-5H3/b24-12?,25-15+,26-16+. The van der Waals surface area contributed by atoms with E-state index in [4.69, 9.17) is 4.74 Å². The molecule has 0 bridgehead atoms. The second-order valence-corrected chi connectivity index (χ2v) is 9.22. The zero-order chi connectivity index (χ0) is 23.5. The normalized spacial score (nSPS) is 13.6. The number of allylic oxidation sites excluding steroid dienone is 8. The van der Waals surface area contributed by atoms with Gasteiger partial charge in [0.2, 0.25) is 0 Å². The van der Waals surface area contributed by atoms with Crippen molar-refractivity contribution in [3.63, 3.8) is 0 Å². The van der Waals surface area contributed by atoms with Crippen LogP contribution in [0.15, 0.2) is 46.6 Å². The van der Waals surface area contributed by atoms with Gasteiger partial charge in [-0.3, -0.25) is 0 Å². The minimum Gasteiger partial charge on any atom is -0.396 e. The fourth-order valence-corrected chi connectivity index (χ4v) is 3.10. The molecule has 0 aliphatic rings. The number of aliphatic hydroxyl groups is 3. The summed E-state index contributed by atoms with van der Waals surface area (Å²) in [5.41, 5.74) is 4.82. The van der Waals surface area contributed by atoms with Crippen molar-refractivity contribution in [1.29, 1.82) is 0 Å². The molecule has 0 amide bonds. The van der Waals surface area contributed by atoms with Crippen LogP contribution in [0.5, 0.6) is 0 Å². The summed E-state index contributed by atoms with van der Waals surface area (Å²) in [6.45, 7) is 10.8. The summed E-state index contributed by atoms with van der Waals surface area (Å²) in [7, 11) is 0. The van der Waals surface area contributed by atoms with Gasteiger partial charge in [0.05, 0.1) is 31.8 Å². The maximum atomic E-state index is 9.27. The number of unbranched alkanes of at least 4 members (excludes halogenated alkanes) is 1. The quantitative estimate of drug-likeness (QED) is 0.185. The number of ether oxygens (including phenoxy) is 1. The van der Waals surface area contributed by atoms with Gasteiger partial charge in [-0.05, 0) is 86.0 Å². The largest absolute Gasteiger partial charge is 0.396 e. The van der Waals surface area contributed by atoms with E-state index >= 15 is 0 Å². The highest BCUT2D eigenvalue weighted by Gasteiger charge is 2.28. The molecule has 0 unspecified atom stereocenters. The van der Waals surface area contributed by atoms with Gasteiger partial charge in [0.15, 0.2) is 0 Å². The van der Waals surface area contributed by atoms with Gasteiger partial charge in [-0.25, -0.2) is 0 Å². The molecule has 0 fully saturated rings. The molecule has 0 aromatic carbocycles. The lowest BCUT2D eigenvalue weighted by atomic mass is 9.93. The van der Waals surface area contributed by atoms with Gasteiger partial charge in [0.1, 0.15) is 0 Å². The van der Waals surface area contributed by atoms with Crippen LogP contribution in [0.3, 0.4) is 0 Å². The van der Waals surface area contributed by atoms with Gasteiger partial charge < -0.3 is 20.1 Å². The van der Waals surface area contributed by atoms with Crippen molar-refractivity contribution in [3.05, 3.63) is 46.6 Å². The summed E-state index contributed by atoms with van der Waals surface area (Å²) in [6, 6.07) is 0. The molecule has 4 heteroatoms. The van der Waals surface area contributed by atoms with E-state index < -0.39 is 5.41 Å². The predicted octanol–water partition coefficient (Wildman–Crippen LogP) is 5.89.